The molecule has 0 aliphatic rings. The van der Waals surface area contributed by atoms with Crippen molar-refractivity contribution in [3.05, 3.63) is 42.5 Å². The molecule has 0 bridgehead atoms. The Hall–Kier alpha value is -1.02. The van der Waals surface area contributed by atoms with E-state index < -0.39 is 0 Å². The number of ether oxygens (including phenoxy) is 1. The Labute approximate surface area is 70.1 Å². The fraction of sp³-hybridized carbons (Fsp3) is 0.111. The highest BCUT2D eigenvalue weighted by Gasteiger charge is 1.94. The third kappa shape index (κ3) is 2.24. The molecule has 0 heterocycles. The van der Waals surface area contributed by atoms with Gasteiger partial charge in [0, 0.05) is 5.56 Å². The summed E-state index contributed by atoms with van der Waals surface area (Å²) in [5, 5.41) is 0. The fourth-order valence-corrected chi connectivity index (χ4v) is 1.23. The van der Waals surface area contributed by atoms with Gasteiger partial charge in [-0.1, -0.05) is 36.9 Å². The van der Waals surface area contributed by atoms with Crippen molar-refractivity contribution >= 4 is 16.0 Å². The molecular formula is C9H12OSi. The van der Waals surface area contributed by atoms with Crippen LogP contribution in [-0.2, 0) is 4.74 Å². The number of rotatable bonds is 3. The molecule has 58 valence electrons. The van der Waals surface area contributed by atoms with Crippen LogP contribution in [0.1, 0.15) is 5.56 Å². The van der Waals surface area contributed by atoms with Gasteiger partial charge in [0.2, 0.25) is 0 Å². The van der Waals surface area contributed by atoms with Gasteiger partial charge in [-0.05, 0) is 0 Å². The van der Waals surface area contributed by atoms with E-state index in [4.69, 9.17) is 4.74 Å². The largest absolute Gasteiger partial charge is 0.498 e. The quantitative estimate of drug-likeness (QED) is 0.478. The molecule has 1 aromatic carbocycles. The lowest BCUT2D eigenvalue weighted by molar-refractivity contribution is 0.344. The Bertz CT molecular complexity index is 231. The van der Waals surface area contributed by atoms with Crippen molar-refractivity contribution in [1.82, 2.24) is 0 Å². The molecular weight excluding hydrogens is 152 g/mol. The molecule has 0 aliphatic carbocycles. The molecule has 0 fully saturated rings. The maximum Gasteiger partial charge on any atom is 0.118 e. The molecule has 2 heteroatoms. The lowest BCUT2D eigenvalue weighted by atomic mass is 10.2. The molecule has 11 heavy (non-hydrogen) atoms. The van der Waals surface area contributed by atoms with Crippen molar-refractivity contribution in [3.8, 4) is 0 Å². The predicted octanol–water partition coefficient (Wildman–Crippen LogP) is 0.997. The smallest absolute Gasteiger partial charge is 0.118 e. The zero-order valence-electron chi connectivity index (χ0n) is 6.71. The Morgan fingerprint density at radius 3 is 2.55 bits per heavy atom. The Balaban J connectivity index is 2.69. The zero-order chi connectivity index (χ0) is 8.10. The van der Waals surface area contributed by atoms with Crippen LogP contribution in [0.25, 0.3) is 5.76 Å². The highest BCUT2D eigenvalue weighted by atomic mass is 28.1. The van der Waals surface area contributed by atoms with Crippen molar-refractivity contribution in [2.75, 3.05) is 6.23 Å². The first kappa shape index (κ1) is 8.08. The maximum atomic E-state index is 5.30. The molecule has 0 unspecified atom stereocenters. The van der Waals surface area contributed by atoms with E-state index in [2.05, 4.69) is 6.58 Å². The van der Waals surface area contributed by atoms with Gasteiger partial charge < -0.3 is 4.74 Å². The van der Waals surface area contributed by atoms with Gasteiger partial charge in [-0.15, -0.1) is 0 Å². The van der Waals surface area contributed by atoms with Crippen molar-refractivity contribution < 1.29 is 4.74 Å². The van der Waals surface area contributed by atoms with E-state index in [1.165, 1.54) is 0 Å². The van der Waals surface area contributed by atoms with Gasteiger partial charge in [0.05, 0.1) is 16.5 Å². The summed E-state index contributed by atoms with van der Waals surface area (Å²) in [7, 11) is 1.05. The average Bonchev–Trinajstić information content (AvgIpc) is 2.07. The second-order valence-corrected chi connectivity index (χ2v) is 2.80. The van der Waals surface area contributed by atoms with Gasteiger partial charge in [-0.3, -0.25) is 0 Å². The van der Waals surface area contributed by atoms with Crippen LogP contribution >= 0.6 is 0 Å². The second-order valence-electron chi connectivity index (χ2n) is 2.22. The van der Waals surface area contributed by atoms with E-state index in [0.717, 1.165) is 27.8 Å². The predicted molar refractivity (Wildman–Crippen MR) is 51.4 cm³/mol. The SMILES string of the molecule is C=C(OC[SiH3])c1ccccc1. The van der Waals surface area contributed by atoms with Gasteiger partial charge in [0.1, 0.15) is 5.76 Å². The monoisotopic (exact) mass is 164 g/mol. The van der Waals surface area contributed by atoms with E-state index in [-0.39, 0.29) is 0 Å². The van der Waals surface area contributed by atoms with Gasteiger partial charge in [-0.2, -0.15) is 0 Å². The van der Waals surface area contributed by atoms with Crippen molar-refractivity contribution in [1.29, 1.82) is 0 Å². The molecule has 0 amide bonds. The van der Waals surface area contributed by atoms with Gasteiger partial charge in [0.25, 0.3) is 0 Å². The molecule has 0 saturated heterocycles. The summed E-state index contributed by atoms with van der Waals surface area (Å²) in [4.78, 5) is 0. The molecule has 0 saturated carbocycles. The molecule has 0 spiro atoms. The van der Waals surface area contributed by atoms with E-state index >= 15 is 0 Å². The van der Waals surface area contributed by atoms with E-state index in [1.807, 2.05) is 30.3 Å². The summed E-state index contributed by atoms with van der Waals surface area (Å²) in [6.07, 6.45) is 0.813. The number of hydrogen-bond acceptors (Lipinski definition) is 1. The summed E-state index contributed by atoms with van der Waals surface area (Å²) in [6, 6.07) is 9.95. The van der Waals surface area contributed by atoms with Crippen LogP contribution in [0.4, 0.5) is 0 Å². The lowest BCUT2D eigenvalue weighted by Crippen LogP contribution is -1.91. The van der Waals surface area contributed by atoms with Crippen molar-refractivity contribution in [2.24, 2.45) is 0 Å². The molecule has 0 N–H and O–H groups in total. The van der Waals surface area contributed by atoms with Crippen LogP contribution < -0.4 is 0 Å². The van der Waals surface area contributed by atoms with Crippen LogP contribution in [0.3, 0.4) is 0 Å². The molecule has 0 radical (unpaired) electrons. The first-order valence-electron chi connectivity index (χ1n) is 3.71. The minimum absolute atomic E-state index is 0.778. The molecule has 1 nitrogen and oxygen atoms in total. The van der Waals surface area contributed by atoms with Crippen molar-refractivity contribution in [3.63, 3.8) is 0 Å². The number of hydrogen-bond donors (Lipinski definition) is 0. The fourth-order valence-electron chi connectivity index (χ4n) is 0.882. The standard InChI is InChI=1S/C9H12OSi/c1-8(10-7-11)9-5-3-2-4-6-9/h2-6H,1,7H2,11H3. The van der Waals surface area contributed by atoms with Crippen molar-refractivity contribution in [2.45, 2.75) is 0 Å². The Kier molecular flexibility index (Phi) is 2.92. The highest BCUT2D eigenvalue weighted by molar-refractivity contribution is 6.08. The topological polar surface area (TPSA) is 9.23 Å². The van der Waals surface area contributed by atoms with E-state index in [1.54, 1.807) is 0 Å². The molecule has 0 aliphatic heterocycles. The Morgan fingerprint density at radius 2 is 2.00 bits per heavy atom. The minimum Gasteiger partial charge on any atom is -0.498 e. The van der Waals surface area contributed by atoms with Gasteiger partial charge in [-0.25, -0.2) is 0 Å². The minimum atomic E-state index is 0.778. The second kappa shape index (κ2) is 3.98. The van der Waals surface area contributed by atoms with Crippen LogP contribution in [0, 0.1) is 0 Å². The normalized spacial score (nSPS) is 9.45. The van der Waals surface area contributed by atoms with Crippen LogP contribution in [0.15, 0.2) is 36.9 Å². The summed E-state index contributed by atoms with van der Waals surface area (Å²) in [5.41, 5.74) is 1.07. The first-order chi connectivity index (χ1) is 5.34. The summed E-state index contributed by atoms with van der Waals surface area (Å²) >= 11 is 0. The van der Waals surface area contributed by atoms with Crippen LogP contribution in [-0.4, -0.2) is 16.5 Å². The van der Waals surface area contributed by atoms with Gasteiger partial charge in [0.15, 0.2) is 0 Å². The highest BCUT2D eigenvalue weighted by Crippen LogP contribution is 2.11. The van der Waals surface area contributed by atoms with E-state index in [9.17, 15) is 0 Å². The first-order valence-corrected chi connectivity index (χ1v) is 5.13. The van der Waals surface area contributed by atoms with E-state index in [0.29, 0.717) is 0 Å². The third-order valence-electron chi connectivity index (χ3n) is 1.41. The van der Waals surface area contributed by atoms with Gasteiger partial charge >= 0.3 is 0 Å². The lowest BCUT2D eigenvalue weighted by Gasteiger charge is -2.05. The third-order valence-corrected chi connectivity index (χ3v) is 1.70. The number of benzene rings is 1. The zero-order valence-corrected chi connectivity index (χ0v) is 8.71. The molecule has 1 aromatic rings. The Morgan fingerprint density at radius 1 is 1.36 bits per heavy atom. The van der Waals surface area contributed by atoms with Crippen LogP contribution in [0.2, 0.25) is 0 Å². The molecule has 1 rings (SSSR count). The summed E-state index contributed by atoms with van der Waals surface area (Å²) in [6.45, 7) is 3.81. The average molecular weight is 164 g/mol. The summed E-state index contributed by atoms with van der Waals surface area (Å²) < 4.78 is 5.30. The molecule has 0 atom stereocenters. The summed E-state index contributed by atoms with van der Waals surface area (Å²) in [5.74, 6) is 0.778. The van der Waals surface area contributed by atoms with Crippen LogP contribution in [0.5, 0.6) is 0 Å². The molecule has 0 aromatic heterocycles. The maximum absolute atomic E-state index is 5.30.